The molecule has 0 aliphatic carbocycles. The molecule has 1 N–H and O–H groups in total. The predicted molar refractivity (Wildman–Crippen MR) is 115 cm³/mol. The molecule has 188 valence electrons. The second-order valence-corrected chi connectivity index (χ2v) is 9.80. The Morgan fingerprint density at radius 3 is 1.53 bits per heavy atom. The Morgan fingerprint density at radius 2 is 1.18 bits per heavy atom. The Kier molecular flexibility index (Phi) is 26.0. The van der Waals surface area contributed by atoms with Crippen LogP contribution in [0.4, 0.5) is 0 Å². The van der Waals surface area contributed by atoms with E-state index in [1.54, 1.807) is 0 Å². The number of Topliss-reactive ketones (excluding diaryl/α,β-unsaturated/α-hetero) is 1. The van der Waals surface area contributed by atoms with E-state index in [2.05, 4.69) is 11.7 Å². The first-order chi connectivity index (χ1) is 15.1. The quantitative estimate of drug-likeness (QED) is 0.0844. The fourth-order valence-electron chi connectivity index (χ4n) is 3.44. The summed E-state index contributed by atoms with van der Waals surface area (Å²) < 4.78 is 36.4. The van der Waals surface area contributed by atoms with Gasteiger partial charge in [-0.1, -0.05) is 84.0 Å². The van der Waals surface area contributed by atoms with E-state index >= 15 is 0 Å². The topological polar surface area (TPSA) is 161 Å². The smallest absolute Gasteiger partial charge is 0.550 e. The van der Waals surface area contributed by atoms with Crippen LogP contribution in [0.15, 0.2) is 0 Å². The van der Waals surface area contributed by atoms with Gasteiger partial charge >= 0.3 is 69.2 Å². The van der Waals surface area contributed by atoms with Crippen LogP contribution in [0.25, 0.3) is 0 Å². The molecule has 0 fully saturated rings. The third-order valence-corrected chi connectivity index (χ3v) is 6.64. The van der Waals surface area contributed by atoms with Crippen LogP contribution >= 0.6 is 0 Å². The first-order valence-corrected chi connectivity index (χ1v) is 13.0. The van der Waals surface area contributed by atoms with E-state index in [4.69, 9.17) is 4.55 Å². The van der Waals surface area contributed by atoms with Crippen LogP contribution in [-0.2, 0) is 29.2 Å². The standard InChI is InChI=1S/C22H40O9S.2Na/c1-2-3-4-5-6-7-8-9-10-11-12-13-14-15-19(23)16-17-31-22(21(26)27,18-20(24)25)32(28,29)30;;/h2-18H2,1H3,(H,24,25)(H,26,27)(H,28,29,30);;/q;2*+1/p-2. The van der Waals surface area contributed by atoms with E-state index in [0.29, 0.717) is 6.42 Å². The summed E-state index contributed by atoms with van der Waals surface area (Å²) >= 11 is 0. The third kappa shape index (κ3) is 17.8. The number of carboxylic acid groups (broad SMARTS) is 2. The van der Waals surface area contributed by atoms with Crippen LogP contribution in [0.5, 0.6) is 0 Å². The van der Waals surface area contributed by atoms with Crippen molar-refractivity contribution in [3.05, 3.63) is 0 Å². The molecule has 0 amide bonds. The molecule has 0 radical (unpaired) electrons. The van der Waals surface area contributed by atoms with Gasteiger partial charge in [0.05, 0.1) is 12.6 Å². The van der Waals surface area contributed by atoms with Gasteiger partial charge in [0.1, 0.15) is 5.78 Å². The summed E-state index contributed by atoms with van der Waals surface area (Å²) in [6.07, 6.45) is 13.4. The van der Waals surface area contributed by atoms with Crippen LogP contribution in [0.3, 0.4) is 0 Å². The van der Waals surface area contributed by atoms with Crippen molar-refractivity contribution < 1.29 is 101 Å². The molecule has 0 aromatic rings. The van der Waals surface area contributed by atoms with E-state index in [-0.39, 0.29) is 77.7 Å². The zero-order valence-corrected chi connectivity index (χ0v) is 26.0. The molecule has 9 nitrogen and oxygen atoms in total. The Hall–Kier alpha value is 0.480. The van der Waals surface area contributed by atoms with Crippen LogP contribution < -0.4 is 69.3 Å². The molecule has 0 aliphatic heterocycles. The molecule has 0 bridgehead atoms. The van der Waals surface area contributed by atoms with Gasteiger partial charge in [0.25, 0.3) is 0 Å². The van der Waals surface area contributed by atoms with Gasteiger partial charge in [0.15, 0.2) is 0 Å². The van der Waals surface area contributed by atoms with Gasteiger partial charge in [-0.15, -0.1) is 0 Å². The molecule has 0 saturated carbocycles. The van der Waals surface area contributed by atoms with Gasteiger partial charge in [0.2, 0.25) is 4.93 Å². The predicted octanol–water partition coefficient (Wildman–Crippen LogP) is -4.07. The van der Waals surface area contributed by atoms with Gasteiger partial charge in [0, 0.05) is 25.2 Å². The molecule has 1 atom stereocenters. The van der Waals surface area contributed by atoms with Crippen molar-refractivity contribution in [2.45, 2.75) is 115 Å². The number of hydrogen-bond donors (Lipinski definition) is 1. The van der Waals surface area contributed by atoms with Gasteiger partial charge in [-0.3, -0.25) is 9.35 Å². The molecule has 0 aliphatic rings. The molecule has 12 heteroatoms. The maximum atomic E-state index is 11.9. The first kappa shape index (κ1) is 39.0. The molecule has 0 spiro atoms. The molecule has 0 rings (SSSR count). The Balaban J connectivity index is -0.00000480. The number of unbranched alkanes of at least 4 members (excludes halogenated alkanes) is 12. The number of carboxylic acids is 2. The fraction of sp³-hybridized carbons (Fsp3) is 0.864. The minimum atomic E-state index is -5.48. The zero-order valence-electron chi connectivity index (χ0n) is 21.1. The summed E-state index contributed by atoms with van der Waals surface area (Å²) in [7, 11) is -5.48. The van der Waals surface area contributed by atoms with E-state index < -0.39 is 40.0 Å². The summed E-state index contributed by atoms with van der Waals surface area (Å²) in [5.74, 6) is -4.78. The average Bonchev–Trinajstić information content (AvgIpc) is 2.69. The van der Waals surface area contributed by atoms with Crippen molar-refractivity contribution in [3.8, 4) is 0 Å². The minimum Gasteiger partial charge on any atom is -0.550 e. The summed E-state index contributed by atoms with van der Waals surface area (Å²) in [5, 5.41) is 21.8. The number of hydrogen-bond acceptors (Lipinski definition) is 8. The Labute approximate surface area is 248 Å². The molecule has 34 heavy (non-hydrogen) atoms. The SMILES string of the molecule is CCCCCCCCCCCCCCCC(=O)CCOC(CC(=O)[O-])(C(=O)[O-])S(=O)(=O)O.[Na+].[Na+]. The molecule has 1 unspecified atom stereocenters. The van der Waals surface area contributed by atoms with Gasteiger partial charge in [-0.25, -0.2) is 0 Å². The van der Waals surface area contributed by atoms with Gasteiger partial charge in [-0.05, 0) is 6.42 Å². The van der Waals surface area contributed by atoms with E-state index in [1.165, 1.54) is 57.8 Å². The molecule has 0 saturated heterocycles. The largest absolute Gasteiger partial charge is 1.00 e. The van der Waals surface area contributed by atoms with Crippen LogP contribution in [0.2, 0.25) is 0 Å². The number of carbonyl (C=O) groups excluding carboxylic acids is 3. The summed E-state index contributed by atoms with van der Waals surface area (Å²) in [6.45, 7) is 1.53. The number of carbonyl (C=O) groups is 3. The normalized spacial score (nSPS) is 12.8. The molecular formula is C22H38Na2O9S. The van der Waals surface area contributed by atoms with Crippen LogP contribution in [-0.4, -0.2) is 42.2 Å². The van der Waals surface area contributed by atoms with Crippen molar-refractivity contribution in [2.24, 2.45) is 0 Å². The van der Waals surface area contributed by atoms with E-state index in [0.717, 1.165) is 19.3 Å². The first-order valence-electron chi connectivity index (χ1n) is 11.6. The van der Waals surface area contributed by atoms with E-state index in [9.17, 15) is 33.0 Å². The number of ether oxygens (including phenoxy) is 1. The Bertz CT molecular complexity index is 671. The second kappa shape index (κ2) is 22.7. The molecule has 0 heterocycles. The molecule has 0 aromatic heterocycles. The monoisotopic (exact) mass is 524 g/mol. The van der Waals surface area contributed by atoms with Crippen LogP contribution in [0.1, 0.15) is 110 Å². The number of rotatable bonds is 22. The number of ketones is 1. The average molecular weight is 525 g/mol. The maximum absolute atomic E-state index is 11.9. The molecular weight excluding hydrogens is 486 g/mol. The third-order valence-electron chi connectivity index (χ3n) is 5.38. The van der Waals surface area contributed by atoms with Crippen molar-refractivity contribution in [3.63, 3.8) is 0 Å². The van der Waals surface area contributed by atoms with Crippen molar-refractivity contribution in [2.75, 3.05) is 6.61 Å². The summed E-state index contributed by atoms with van der Waals surface area (Å²) in [5.41, 5.74) is 0. The number of aliphatic carboxylic acids is 2. The zero-order chi connectivity index (χ0) is 24.5. The summed E-state index contributed by atoms with van der Waals surface area (Å²) in [6, 6.07) is 0. The van der Waals surface area contributed by atoms with Gasteiger partial charge in [-0.2, -0.15) is 8.42 Å². The van der Waals surface area contributed by atoms with Crippen molar-refractivity contribution >= 4 is 27.8 Å². The minimum absolute atomic E-state index is 0. The second-order valence-electron chi connectivity index (χ2n) is 8.19. The summed E-state index contributed by atoms with van der Waals surface area (Å²) in [4.78, 5) is 30.2. The van der Waals surface area contributed by atoms with E-state index in [1.807, 2.05) is 0 Å². The van der Waals surface area contributed by atoms with Gasteiger partial charge < -0.3 is 24.5 Å². The fourth-order valence-corrected chi connectivity index (χ4v) is 4.18. The van der Waals surface area contributed by atoms with Crippen molar-refractivity contribution in [1.29, 1.82) is 0 Å². The van der Waals surface area contributed by atoms with Crippen molar-refractivity contribution in [1.82, 2.24) is 0 Å². The maximum Gasteiger partial charge on any atom is 1.00 e. The Morgan fingerprint density at radius 1 is 0.765 bits per heavy atom. The molecule has 0 aromatic carbocycles. The van der Waals surface area contributed by atoms with Crippen LogP contribution in [0, 0.1) is 0 Å².